The molecule has 7 nitrogen and oxygen atoms in total. The number of ether oxygens (including phenoxy) is 1. The number of benzene rings is 1. The third kappa shape index (κ3) is 7.63. The Morgan fingerprint density at radius 1 is 1.04 bits per heavy atom. The zero-order valence-electron chi connectivity index (χ0n) is 14.5. The van der Waals surface area contributed by atoms with Crippen LogP contribution in [0.3, 0.4) is 0 Å². The Labute approximate surface area is 150 Å². The molecule has 1 aromatic carbocycles. The Balaban J connectivity index is 3.07. The molecule has 0 bridgehead atoms. The first kappa shape index (κ1) is 22.9. The maximum absolute atomic E-state index is 12.6. The molecule has 0 atom stereocenters. The van der Waals surface area contributed by atoms with Crippen LogP contribution in [0.1, 0.15) is 27.7 Å². The van der Waals surface area contributed by atoms with Gasteiger partial charge in [0.05, 0.1) is 12.2 Å². The van der Waals surface area contributed by atoms with E-state index in [0.717, 1.165) is 18.2 Å². The van der Waals surface area contributed by atoms with Crippen molar-refractivity contribution in [3.8, 4) is 5.75 Å². The minimum atomic E-state index is -5.09. The molecule has 0 heterocycles. The minimum absolute atomic E-state index is 0.563. The Morgan fingerprint density at radius 2 is 1.54 bits per heavy atom. The number of para-hydroxylation sites is 1. The normalized spacial score (nSPS) is 13.4. The van der Waals surface area contributed by atoms with E-state index in [1.807, 2.05) is 0 Å². The predicted molar refractivity (Wildman–Crippen MR) is 86.3 cm³/mol. The third-order valence-electron chi connectivity index (χ3n) is 2.45. The fourth-order valence-corrected chi connectivity index (χ4v) is 5.05. The monoisotopic (exact) mass is 420 g/mol. The molecule has 0 saturated heterocycles. The van der Waals surface area contributed by atoms with Gasteiger partial charge in [0.25, 0.3) is 0 Å². The van der Waals surface area contributed by atoms with Crippen LogP contribution in [0, 0.1) is 0 Å². The fourth-order valence-electron chi connectivity index (χ4n) is 1.79. The maximum atomic E-state index is 12.6. The third-order valence-corrected chi connectivity index (χ3v) is 5.86. The van der Waals surface area contributed by atoms with Gasteiger partial charge in [0.15, 0.2) is 12.1 Å². The first-order valence-corrected chi connectivity index (χ1v) is 10.6. The molecule has 12 heteroatoms. The van der Waals surface area contributed by atoms with Crippen molar-refractivity contribution in [2.24, 2.45) is 0 Å². The smallest absolute Gasteiger partial charge is 0.404 e. The van der Waals surface area contributed by atoms with Crippen molar-refractivity contribution in [3.63, 3.8) is 0 Å². The molecule has 1 aromatic rings. The summed E-state index contributed by atoms with van der Waals surface area (Å²) in [6, 6.07) is 4.04. The molecule has 150 valence electrons. The molecule has 0 fully saturated rings. The van der Waals surface area contributed by atoms with Crippen molar-refractivity contribution in [1.29, 1.82) is 0 Å². The van der Waals surface area contributed by atoms with Gasteiger partial charge in [0, 0.05) is 0 Å². The lowest BCUT2D eigenvalue weighted by atomic mass is 10.3. The number of hydrogen-bond donors (Lipinski definition) is 0. The molecule has 0 aliphatic carbocycles. The van der Waals surface area contributed by atoms with E-state index in [0.29, 0.717) is 0 Å². The molecule has 0 saturated carbocycles. The molecule has 0 unspecified atom stereocenters. The van der Waals surface area contributed by atoms with Gasteiger partial charge in [-0.05, 0) is 39.8 Å². The van der Waals surface area contributed by atoms with E-state index in [4.69, 9.17) is 9.05 Å². The molecule has 0 aliphatic rings. The second-order valence-electron chi connectivity index (χ2n) is 5.61. The van der Waals surface area contributed by atoms with Crippen LogP contribution in [-0.4, -0.2) is 33.3 Å². The van der Waals surface area contributed by atoms with E-state index >= 15 is 0 Å². The van der Waals surface area contributed by atoms with Gasteiger partial charge in [-0.3, -0.25) is 8.75 Å². The summed E-state index contributed by atoms with van der Waals surface area (Å²) in [6.45, 7) is 6.21. The predicted octanol–water partition coefficient (Wildman–Crippen LogP) is 4.29. The highest BCUT2D eigenvalue weighted by molar-refractivity contribution is 7.87. The lowest BCUT2D eigenvalue weighted by Crippen LogP contribution is -2.20. The van der Waals surface area contributed by atoms with Gasteiger partial charge < -0.3 is 13.8 Å². The standard InChI is InChI=1S/C14H20F3O7PS/c1-10(2)23-25(18,24-11(3)4)9-21-26(19,20)13-8-6-5-7-12(13)22-14(15,16)17/h5-8,10-11H,9H2,1-4H3. The summed E-state index contributed by atoms with van der Waals surface area (Å²) in [5, 5.41) is 0. The lowest BCUT2D eigenvalue weighted by molar-refractivity contribution is -0.275. The number of halogens is 3. The summed E-state index contributed by atoms with van der Waals surface area (Å²) in [4.78, 5) is -0.863. The molecule has 0 N–H and O–H groups in total. The van der Waals surface area contributed by atoms with E-state index in [2.05, 4.69) is 8.92 Å². The van der Waals surface area contributed by atoms with Crippen LogP contribution in [-0.2, 0) is 27.9 Å². The van der Waals surface area contributed by atoms with Crippen LogP contribution in [0.4, 0.5) is 13.2 Å². The number of hydrogen-bond acceptors (Lipinski definition) is 7. The van der Waals surface area contributed by atoms with Crippen molar-refractivity contribution < 1.29 is 44.1 Å². The highest BCUT2D eigenvalue weighted by atomic mass is 32.2. The molecule has 1 rings (SSSR count). The Morgan fingerprint density at radius 3 is 2.00 bits per heavy atom. The van der Waals surface area contributed by atoms with Gasteiger partial charge in [-0.1, -0.05) is 12.1 Å². The maximum Gasteiger partial charge on any atom is 0.573 e. The summed E-state index contributed by atoms with van der Waals surface area (Å²) in [5.41, 5.74) is 0. The van der Waals surface area contributed by atoms with Gasteiger partial charge in [-0.2, -0.15) is 8.42 Å². The molecule has 0 aliphatic heterocycles. The van der Waals surface area contributed by atoms with Gasteiger partial charge in [-0.15, -0.1) is 13.2 Å². The van der Waals surface area contributed by atoms with Crippen LogP contribution in [0.15, 0.2) is 29.2 Å². The van der Waals surface area contributed by atoms with Crippen molar-refractivity contribution in [3.05, 3.63) is 24.3 Å². The van der Waals surface area contributed by atoms with E-state index < -0.39 is 53.3 Å². The van der Waals surface area contributed by atoms with Gasteiger partial charge >= 0.3 is 24.1 Å². The summed E-state index contributed by atoms with van der Waals surface area (Å²) < 4.78 is 93.0. The number of alkyl halides is 3. The molecule has 0 spiro atoms. The second kappa shape index (κ2) is 8.71. The Kier molecular flexibility index (Phi) is 7.67. The summed E-state index contributed by atoms with van der Waals surface area (Å²) in [7, 11) is -8.69. The first-order chi connectivity index (χ1) is 11.7. The van der Waals surface area contributed by atoms with Crippen molar-refractivity contribution >= 4 is 17.7 Å². The zero-order chi connectivity index (χ0) is 20.2. The topological polar surface area (TPSA) is 88.1 Å². The average Bonchev–Trinajstić information content (AvgIpc) is 2.42. The molecular weight excluding hydrogens is 400 g/mol. The van der Waals surface area contributed by atoms with E-state index in [-0.39, 0.29) is 0 Å². The van der Waals surface area contributed by atoms with Crippen molar-refractivity contribution in [2.75, 3.05) is 6.35 Å². The zero-order valence-corrected chi connectivity index (χ0v) is 16.2. The highest BCUT2D eigenvalue weighted by Gasteiger charge is 2.36. The van der Waals surface area contributed by atoms with Crippen molar-refractivity contribution in [1.82, 2.24) is 0 Å². The van der Waals surface area contributed by atoms with Crippen LogP contribution >= 0.6 is 7.60 Å². The lowest BCUT2D eigenvalue weighted by Gasteiger charge is -2.22. The summed E-state index contributed by atoms with van der Waals surface area (Å²) in [6.07, 6.45) is -7.22. The molecule has 0 aromatic heterocycles. The van der Waals surface area contributed by atoms with E-state index in [1.54, 1.807) is 27.7 Å². The average molecular weight is 420 g/mol. The quantitative estimate of drug-likeness (QED) is 0.435. The van der Waals surface area contributed by atoms with Crippen LogP contribution in [0.2, 0.25) is 0 Å². The Bertz CT molecular complexity index is 733. The van der Waals surface area contributed by atoms with Crippen LogP contribution in [0.5, 0.6) is 5.75 Å². The first-order valence-electron chi connectivity index (χ1n) is 7.44. The summed E-state index contributed by atoms with van der Waals surface area (Å²) >= 11 is 0. The highest BCUT2D eigenvalue weighted by Crippen LogP contribution is 2.51. The molecular formula is C14H20F3O7PS. The van der Waals surface area contributed by atoms with Crippen LogP contribution < -0.4 is 4.74 Å². The summed E-state index contributed by atoms with van der Waals surface area (Å²) in [5.74, 6) is -0.968. The molecule has 0 radical (unpaired) electrons. The van der Waals surface area contributed by atoms with E-state index in [1.165, 1.54) is 6.07 Å². The van der Waals surface area contributed by atoms with Crippen molar-refractivity contribution in [2.45, 2.75) is 51.2 Å². The van der Waals surface area contributed by atoms with Gasteiger partial charge in [0.1, 0.15) is 4.90 Å². The second-order valence-corrected chi connectivity index (χ2v) is 9.10. The Hall–Kier alpha value is -1.13. The molecule has 0 amide bonds. The SMILES string of the molecule is CC(C)OP(=O)(COS(=O)(=O)c1ccccc1OC(F)(F)F)OC(C)C. The van der Waals surface area contributed by atoms with Gasteiger partial charge in [0.2, 0.25) is 0 Å². The molecule has 26 heavy (non-hydrogen) atoms. The minimum Gasteiger partial charge on any atom is -0.404 e. The van der Waals surface area contributed by atoms with E-state index in [9.17, 15) is 26.2 Å². The van der Waals surface area contributed by atoms with Crippen LogP contribution in [0.25, 0.3) is 0 Å². The number of rotatable bonds is 9. The largest absolute Gasteiger partial charge is 0.573 e. The fraction of sp³-hybridized carbons (Fsp3) is 0.571. The van der Waals surface area contributed by atoms with Gasteiger partial charge in [-0.25, -0.2) is 0 Å².